The zero-order chi connectivity index (χ0) is 13.1. The quantitative estimate of drug-likeness (QED) is 0.924. The first-order valence-electron chi connectivity index (χ1n) is 5.07. The molecule has 6 heteroatoms. The summed E-state index contributed by atoms with van der Waals surface area (Å²) in [5, 5.41) is 9.02. The Morgan fingerprint density at radius 2 is 2.00 bits per heavy atom. The lowest BCUT2D eigenvalue weighted by Crippen LogP contribution is -1.91. The average Bonchev–Trinajstić information content (AvgIpc) is 2.79. The lowest BCUT2D eigenvalue weighted by Gasteiger charge is -2.08. The molecule has 0 aliphatic carbocycles. The molecule has 2 aromatic rings. The van der Waals surface area contributed by atoms with Crippen molar-refractivity contribution >= 4 is 11.6 Å². The van der Waals surface area contributed by atoms with E-state index in [1.807, 2.05) is 6.07 Å². The summed E-state index contributed by atoms with van der Waals surface area (Å²) < 4.78 is 10.3. The number of halogens is 1. The Balaban J connectivity index is 2.48. The van der Waals surface area contributed by atoms with Gasteiger partial charge in [0.05, 0.1) is 14.2 Å². The average molecular weight is 264 g/mol. The largest absolute Gasteiger partial charge is 0.493 e. The van der Waals surface area contributed by atoms with E-state index in [-0.39, 0.29) is 10.8 Å². The zero-order valence-corrected chi connectivity index (χ0v) is 10.6. The molecule has 0 saturated heterocycles. The highest BCUT2D eigenvalue weighted by Gasteiger charge is 2.12. The summed E-state index contributed by atoms with van der Waals surface area (Å²) >= 11 is 5.83. The van der Waals surface area contributed by atoms with E-state index >= 15 is 0 Å². The maximum absolute atomic E-state index is 8.80. The van der Waals surface area contributed by atoms with Gasteiger partial charge in [0.2, 0.25) is 0 Å². The van der Waals surface area contributed by atoms with E-state index in [0.717, 1.165) is 5.56 Å². The highest BCUT2D eigenvalue weighted by molar-refractivity contribution is 6.30. The van der Waals surface area contributed by atoms with E-state index in [1.54, 1.807) is 32.4 Å². The molecule has 0 fully saturated rings. The van der Waals surface area contributed by atoms with Crippen molar-refractivity contribution in [3.05, 3.63) is 29.0 Å². The van der Waals surface area contributed by atoms with Gasteiger partial charge in [-0.1, -0.05) is 11.6 Å². The summed E-state index contributed by atoms with van der Waals surface area (Å²) in [7, 11) is 3.12. The molecule has 0 saturated carbocycles. The molecule has 2 rings (SSSR count). The fourth-order valence-electron chi connectivity index (χ4n) is 1.55. The van der Waals surface area contributed by atoms with Crippen molar-refractivity contribution in [3.63, 3.8) is 0 Å². The second-order valence-corrected chi connectivity index (χ2v) is 3.81. The number of H-pyrrole nitrogens is 1. The van der Waals surface area contributed by atoms with Crippen molar-refractivity contribution < 1.29 is 9.47 Å². The van der Waals surface area contributed by atoms with Crippen molar-refractivity contribution in [2.75, 3.05) is 14.2 Å². The number of rotatable bonds is 3. The van der Waals surface area contributed by atoms with Crippen LogP contribution in [-0.2, 0) is 0 Å². The number of imidazole rings is 1. The van der Waals surface area contributed by atoms with Crippen LogP contribution in [0.2, 0.25) is 5.15 Å². The molecule has 0 bridgehead atoms. The molecular formula is C12H10ClN3O2. The lowest BCUT2D eigenvalue weighted by molar-refractivity contribution is 0.355. The van der Waals surface area contributed by atoms with Gasteiger partial charge in [0, 0.05) is 5.56 Å². The molecule has 0 atom stereocenters. The predicted molar refractivity (Wildman–Crippen MR) is 66.9 cm³/mol. The first-order chi connectivity index (χ1) is 8.69. The lowest BCUT2D eigenvalue weighted by atomic mass is 10.2. The highest BCUT2D eigenvalue weighted by atomic mass is 35.5. The fourth-order valence-corrected chi connectivity index (χ4v) is 1.72. The first-order valence-corrected chi connectivity index (χ1v) is 5.45. The summed E-state index contributed by atoms with van der Waals surface area (Å²) in [5.41, 5.74) is 0.928. The third-order valence-electron chi connectivity index (χ3n) is 2.42. The van der Waals surface area contributed by atoms with Gasteiger partial charge in [-0.05, 0) is 18.2 Å². The van der Waals surface area contributed by atoms with E-state index in [4.69, 9.17) is 26.3 Å². The SMILES string of the molecule is COc1ccc(-c2nc(C#N)c(Cl)[nH]2)cc1OC. The van der Waals surface area contributed by atoms with Crippen molar-refractivity contribution in [2.24, 2.45) is 0 Å². The normalized spacial score (nSPS) is 9.89. The molecule has 92 valence electrons. The van der Waals surface area contributed by atoms with Crippen LogP contribution >= 0.6 is 11.6 Å². The van der Waals surface area contributed by atoms with Crippen LogP contribution < -0.4 is 9.47 Å². The fraction of sp³-hybridized carbons (Fsp3) is 0.167. The minimum absolute atomic E-state index is 0.168. The van der Waals surface area contributed by atoms with Crippen molar-refractivity contribution in [3.8, 4) is 29.0 Å². The number of nitrogens with one attached hydrogen (secondary N) is 1. The molecule has 0 unspecified atom stereocenters. The van der Waals surface area contributed by atoms with Crippen molar-refractivity contribution in [2.45, 2.75) is 0 Å². The van der Waals surface area contributed by atoms with Gasteiger partial charge in [-0.2, -0.15) is 5.26 Å². The van der Waals surface area contributed by atoms with Gasteiger partial charge in [-0.3, -0.25) is 0 Å². The molecule has 0 aliphatic heterocycles. The molecule has 1 heterocycles. The molecule has 1 N–H and O–H groups in total. The smallest absolute Gasteiger partial charge is 0.178 e. The molecule has 0 amide bonds. The van der Waals surface area contributed by atoms with Gasteiger partial charge >= 0.3 is 0 Å². The Kier molecular flexibility index (Phi) is 3.40. The number of methoxy groups -OCH3 is 2. The first kappa shape index (κ1) is 12.3. The molecule has 5 nitrogen and oxygen atoms in total. The van der Waals surface area contributed by atoms with Gasteiger partial charge in [0.25, 0.3) is 0 Å². The van der Waals surface area contributed by atoms with Crippen molar-refractivity contribution in [1.82, 2.24) is 9.97 Å². The molecule has 0 radical (unpaired) electrons. The number of aromatic amines is 1. The van der Waals surface area contributed by atoms with Crippen LogP contribution in [0.3, 0.4) is 0 Å². The third-order valence-corrected chi connectivity index (χ3v) is 2.70. The summed E-state index contributed by atoms with van der Waals surface area (Å²) in [6, 6.07) is 7.23. The molecule has 1 aromatic heterocycles. The summed E-state index contributed by atoms with van der Waals surface area (Å²) in [5.74, 6) is 1.72. The maximum atomic E-state index is 8.80. The standard InChI is InChI=1S/C12H10ClN3O2/c1-17-9-4-3-7(5-10(9)18-2)12-15-8(6-14)11(13)16-12/h3-5H,1-2H3,(H,15,16). The Labute approximate surface area is 109 Å². The monoisotopic (exact) mass is 263 g/mol. The van der Waals surface area contributed by atoms with Gasteiger partial charge < -0.3 is 14.5 Å². The van der Waals surface area contributed by atoms with Gasteiger partial charge in [0.1, 0.15) is 17.0 Å². The Hall–Kier alpha value is -2.19. The summed E-state index contributed by atoms with van der Waals surface area (Å²) in [6.07, 6.45) is 0. The number of nitriles is 1. The number of benzene rings is 1. The van der Waals surface area contributed by atoms with Crippen LogP contribution in [0.4, 0.5) is 0 Å². The van der Waals surface area contributed by atoms with E-state index in [0.29, 0.717) is 17.3 Å². The van der Waals surface area contributed by atoms with Crippen molar-refractivity contribution in [1.29, 1.82) is 5.26 Å². The Morgan fingerprint density at radius 3 is 2.56 bits per heavy atom. The minimum Gasteiger partial charge on any atom is -0.493 e. The molecule has 18 heavy (non-hydrogen) atoms. The van der Waals surface area contributed by atoms with Gasteiger partial charge in [-0.15, -0.1) is 0 Å². The van der Waals surface area contributed by atoms with E-state index in [1.165, 1.54) is 0 Å². The van der Waals surface area contributed by atoms with Crippen LogP contribution in [0.1, 0.15) is 5.69 Å². The molecule has 0 spiro atoms. The zero-order valence-electron chi connectivity index (χ0n) is 9.82. The van der Waals surface area contributed by atoms with E-state index < -0.39 is 0 Å². The second kappa shape index (κ2) is 4.98. The van der Waals surface area contributed by atoms with Gasteiger partial charge in [-0.25, -0.2) is 4.98 Å². The molecule has 1 aromatic carbocycles. The summed E-state index contributed by atoms with van der Waals surface area (Å²) in [4.78, 5) is 6.92. The topological polar surface area (TPSA) is 70.9 Å². The van der Waals surface area contributed by atoms with E-state index in [2.05, 4.69) is 9.97 Å². The van der Waals surface area contributed by atoms with E-state index in [9.17, 15) is 0 Å². The van der Waals surface area contributed by atoms with Gasteiger partial charge in [0.15, 0.2) is 17.2 Å². The van der Waals surface area contributed by atoms with Crippen LogP contribution in [0.5, 0.6) is 11.5 Å². The number of nitrogens with zero attached hydrogens (tertiary/aromatic N) is 2. The Morgan fingerprint density at radius 1 is 1.28 bits per heavy atom. The maximum Gasteiger partial charge on any atom is 0.178 e. The van der Waals surface area contributed by atoms with Crippen LogP contribution in [-0.4, -0.2) is 24.2 Å². The third kappa shape index (κ3) is 2.11. The molecular weight excluding hydrogens is 254 g/mol. The van der Waals surface area contributed by atoms with Crippen LogP contribution in [0, 0.1) is 11.3 Å². The number of ether oxygens (including phenoxy) is 2. The van der Waals surface area contributed by atoms with Crippen LogP contribution in [0.25, 0.3) is 11.4 Å². The Bertz CT molecular complexity index is 616. The minimum atomic E-state index is 0.168. The predicted octanol–water partition coefficient (Wildman–Crippen LogP) is 2.62. The highest BCUT2D eigenvalue weighted by Crippen LogP contribution is 2.31. The molecule has 0 aliphatic rings. The van der Waals surface area contributed by atoms with Crippen LogP contribution in [0.15, 0.2) is 18.2 Å². The number of hydrogen-bond acceptors (Lipinski definition) is 4. The second-order valence-electron chi connectivity index (χ2n) is 3.43. The number of hydrogen-bond donors (Lipinski definition) is 1. The summed E-state index contributed by atoms with van der Waals surface area (Å²) in [6.45, 7) is 0. The number of aromatic nitrogens is 2.